The number of hydrogen-bond acceptors (Lipinski definition) is 4. The standard InChI is InChI=1S/C14H11N3O3/c15-13-10(14(19)20)7-16-17(13)11-5-1-4-9-8(11)3-2-6-12(9)18/h1-7,18H,15H2,(H,19,20). The molecule has 0 aliphatic carbocycles. The molecule has 0 fully saturated rings. The lowest BCUT2D eigenvalue weighted by Gasteiger charge is -2.09. The van der Waals surface area contributed by atoms with Crippen molar-refractivity contribution in [2.45, 2.75) is 0 Å². The summed E-state index contributed by atoms with van der Waals surface area (Å²) >= 11 is 0. The number of fused-ring (bicyclic) bond motifs is 1. The Labute approximate surface area is 113 Å². The van der Waals surface area contributed by atoms with Gasteiger partial charge in [-0.05, 0) is 12.1 Å². The van der Waals surface area contributed by atoms with Gasteiger partial charge in [0.2, 0.25) is 0 Å². The number of carboxylic acid groups (broad SMARTS) is 1. The SMILES string of the molecule is Nc1c(C(=O)O)cnn1-c1cccc2c(O)cccc12. The minimum absolute atomic E-state index is 0.0494. The molecule has 3 aromatic rings. The monoisotopic (exact) mass is 269 g/mol. The van der Waals surface area contributed by atoms with Crippen molar-refractivity contribution in [1.29, 1.82) is 0 Å². The zero-order chi connectivity index (χ0) is 14.3. The van der Waals surface area contributed by atoms with Crippen LogP contribution in [0.15, 0.2) is 42.6 Å². The minimum Gasteiger partial charge on any atom is -0.507 e. The van der Waals surface area contributed by atoms with Gasteiger partial charge in [-0.3, -0.25) is 0 Å². The molecule has 0 radical (unpaired) electrons. The largest absolute Gasteiger partial charge is 0.507 e. The summed E-state index contributed by atoms with van der Waals surface area (Å²) in [7, 11) is 0. The lowest BCUT2D eigenvalue weighted by atomic mass is 10.1. The van der Waals surface area contributed by atoms with Gasteiger partial charge in [0, 0.05) is 10.8 Å². The number of aromatic hydroxyl groups is 1. The molecule has 2 aromatic carbocycles. The van der Waals surface area contributed by atoms with Crippen LogP contribution in [0.5, 0.6) is 5.75 Å². The fraction of sp³-hybridized carbons (Fsp3) is 0. The summed E-state index contributed by atoms with van der Waals surface area (Å²) in [5.74, 6) is -0.932. The van der Waals surface area contributed by atoms with Crippen LogP contribution in [0.25, 0.3) is 16.5 Å². The Balaban J connectivity index is 2.30. The number of anilines is 1. The van der Waals surface area contributed by atoms with Gasteiger partial charge in [-0.2, -0.15) is 5.10 Å². The summed E-state index contributed by atoms with van der Waals surface area (Å²) < 4.78 is 1.35. The van der Waals surface area contributed by atoms with Crippen LogP contribution in [0.2, 0.25) is 0 Å². The average molecular weight is 269 g/mol. The van der Waals surface area contributed by atoms with Crippen molar-refractivity contribution < 1.29 is 15.0 Å². The molecule has 4 N–H and O–H groups in total. The van der Waals surface area contributed by atoms with E-state index in [-0.39, 0.29) is 17.1 Å². The number of nitrogen functional groups attached to an aromatic ring is 1. The van der Waals surface area contributed by atoms with E-state index in [1.54, 1.807) is 30.3 Å². The van der Waals surface area contributed by atoms with E-state index in [0.717, 1.165) is 5.39 Å². The number of carboxylic acids is 1. The zero-order valence-electron chi connectivity index (χ0n) is 10.3. The summed E-state index contributed by atoms with van der Waals surface area (Å²) in [5.41, 5.74) is 6.38. The van der Waals surface area contributed by atoms with Crippen LogP contribution in [0, 0.1) is 0 Å². The second kappa shape index (κ2) is 4.27. The van der Waals surface area contributed by atoms with Gasteiger partial charge in [-0.15, -0.1) is 0 Å². The van der Waals surface area contributed by atoms with Crippen LogP contribution in [-0.4, -0.2) is 26.0 Å². The van der Waals surface area contributed by atoms with Crippen molar-refractivity contribution in [3.8, 4) is 11.4 Å². The highest BCUT2D eigenvalue weighted by Gasteiger charge is 2.16. The molecule has 0 saturated heterocycles. The van der Waals surface area contributed by atoms with Gasteiger partial charge >= 0.3 is 5.97 Å². The van der Waals surface area contributed by atoms with Gasteiger partial charge in [-0.1, -0.05) is 24.3 Å². The topological polar surface area (TPSA) is 101 Å². The molecule has 0 spiro atoms. The van der Waals surface area contributed by atoms with Crippen LogP contribution in [0.4, 0.5) is 5.82 Å². The highest BCUT2D eigenvalue weighted by molar-refractivity contribution is 5.96. The molecule has 0 atom stereocenters. The predicted octanol–water partition coefficient (Wildman–Crippen LogP) is 2.01. The first-order chi connectivity index (χ1) is 9.59. The Kier molecular flexibility index (Phi) is 2.57. The molecule has 0 amide bonds. The number of aromatic carboxylic acids is 1. The van der Waals surface area contributed by atoms with Gasteiger partial charge in [-0.25, -0.2) is 9.48 Å². The van der Waals surface area contributed by atoms with E-state index in [1.165, 1.54) is 10.9 Å². The first kappa shape index (κ1) is 12.0. The number of hydrogen-bond donors (Lipinski definition) is 3. The predicted molar refractivity (Wildman–Crippen MR) is 74.1 cm³/mol. The zero-order valence-corrected chi connectivity index (χ0v) is 10.3. The Morgan fingerprint density at radius 3 is 2.55 bits per heavy atom. The number of aromatic nitrogens is 2. The smallest absolute Gasteiger partial charge is 0.341 e. The second-order valence-electron chi connectivity index (χ2n) is 4.31. The number of phenolic OH excluding ortho intramolecular Hbond substituents is 1. The molecule has 0 saturated carbocycles. The maximum atomic E-state index is 11.0. The molecule has 0 unspecified atom stereocenters. The Bertz CT molecular complexity index is 824. The van der Waals surface area contributed by atoms with Crippen LogP contribution in [0.1, 0.15) is 10.4 Å². The fourth-order valence-corrected chi connectivity index (χ4v) is 2.18. The molecule has 6 nitrogen and oxygen atoms in total. The molecule has 0 aliphatic heterocycles. The number of carbonyl (C=O) groups is 1. The molecule has 3 rings (SSSR count). The molecule has 1 aromatic heterocycles. The first-order valence-electron chi connectivity index (χ1n) is 5.87. The maximum absolute atomic E-state index is 11.0. The lowest BCUT2D eigenvalue weighted by Crippen LogP contribution is -2.06. The van der Waals surface area contributed by atoms with Crippen molar-refractivity contribution >= 4 is 22.6 Å². The van der Waals surface area contributed by atoms with Crippen LogP contribution >= 0.6 is 0 Å². The summed E-state index contributed by atoms with van der Waals surface area (Å²) in [5, 5.41) is 24.3. The molecule has 100 valence electrons. The van der Waals surface area contributed by atoms with E-state index in [0.29, 0.717) is 11.1 Å². The summed E-state index contributed by atoms with van der Waals surface area (Å²) in [6.45, 7) is 0. The van der Waals surface area contributed by atoms with Gasteiger partial charge in [0.05, 0.1) is 11.9 Å². The van der Waals surface area contributed by atoms with Crippen molar-refractivity contribution in [2.24, 2.45) is 0 Å². The van der Waals surface area contributed by atoms with Gasteiger partial charge in [0.15, 0.2) is 0 Å². The van der Waals surface area contributed by atoms with Gasteiger partial charge in [0.1, 0.15) is 17.1 Å². The van der Waals surface area contributed by atoms with Crippen LogP contribution in [-0.2, 0) is 0 Å². The third-order valence-electron chi connectivity index (χ3n) is 3.14. The van der Waals surface area contributed by atoms with E-state index in [1.807, 2.05) is 6.07 Å². The molecule has 0 aliphatic rings. The highest BCUT2D eigenvalue weighted by Crippen LogP contribution is 2.30. The third kappa shape index (κ3) is 1.66. The van der Waals surface area contributed by atoms with Crippen LogP contribution < -0.4 is 5.73 Å². The maximum Gasteiger partial charge on any atom is 0.341 e. The molecule has 6 heteroatoms. The fourth-order valence-electron chi connectivity index (χ4n) is 2.18. The van der Waals surface area contributed by atoms with Crippen molar-refractivity contribution in [3.05, 3.63) is 48.2 Å². The van der Waals surface area contributed by atoms with E-state index < -0.39 is 5.97 Å². The van der Waals surface area contributed by atoms with E-state index in [4.69, 9.17) is 10.8 Å². The molecular weight excluding hydrogens is 258 g/mol. The van der Waals surface area contributed by atoms with Crippen molar-refractivity contribution in [2.75, 3.05) is 5.73 Å². The highest BCUT2D eigenvalue weighted by atomic mass is 16.4. The normalized spacial score (nSPS) is 10.8. The van der Waals surface area contributed by atoms with E-state index in [9.17, 15) is 9.90 Å². The quantitative estimate of drug-likeness (QED) is 0.660. The Morgan fingerprint density at radius 2 is 1.85 bits per heavy atom. The lowest BCUT2D eigenvalue weighted by molar-refractivity contribution is 0.0698. The molecule has 1 heterocycles. The average Bonchev–Trinajstić information content (AvgIpc) is 2.80. The van der Waals surface area contributed by atoms with Gasteiger partial charge < -0.3 is 15.9 Å². The number of nitrogens with zero attached hydrogens (tertiary/aromatic N) is 2. The first-order valence-corrected chi connectivity index (χ1v) is 5.87. The minimum atomic E-state index is -1.13. The number of phenols is 1. The summed E-state index contributed by atoms with van der Waals surface area (Å²) in [6, 6.07) is 10.4. The third-order valence-corrected chi connectivity index (χ3v) is 3.14. The molecule has 20 heavy (non-hydrogen) atoms. The van der Waals surface area contributed by atoms with E-state index in [2.05, 4.69) is 5.10 Å². The Hall–Kier alpha value is -3.02. The number of nitrogens with two attached hydrogens (primary N) is 1. The van der Waals surface area contributed by atoms with Crippen molar-refractivity contribution in [1.82, 2.24) is 9.78 Å². The van der Waals surface area contributed by atoms with E-state index >= 15 is 0 Å². The number of rotatable bonds is 2. The summed E-state index contributed by atoms with van der Waals surface area (Å²) in [4.78, 5) is 11.0. The molecule has 0 bridgehead atoms. The van der Waals surface area contributed by atoms with Gasteiger partial charge in [0.25, 0.3) is 0 Å². The second-order valence-corrected chi connectivity index (χ2v) is 4.31. The Morgan fingerprint density at radius 1 is 1.15 bits per heavy atom. The summed E-state index contributed by atoms with van der Waals surface area (Å²) in [6.07, 6.45) is 1.21. The van der Waals surface area contributed by atoms with Crippen LogP contribution in [0.3, 0.4) is 0 Å². The molecular formula is C14H11N3O3. The number of benzene rings is 2. The van der Waals surface area contributed by atoms with Crippen molar-refractivity contribution in [3.63, 3.8) is 0 Å².